The molecule has 0 spiro atoms. The number of ether oxygens (including phenoxy) is 1. The Bertz CT molecular complexity index is 268. The van der Waals surface area contributed by atoms with Crippen LogP contribution in [0.1, 0.15) is 5.69 Å². The number of rotatable bonds is 2. The maximum atomic E-state index is 8.78. The predicted octanol–water partition coefficient (Wildman–Crippen LogP) is 0.00350. The number of hydrogen-bond donors (Lipinski definition) is 1. The minimum Gasteiger partial charge on any atom is -0.432 e. The average molecular weight is 184 g/mol. The zero-order valence-electron chi connectivity index (χ0n) is 7.27. The van der Waals surface area contributed by atoms with Gasteiger partial charge in [0, 0.05) is 13.1 Å². The van der Waals surface area contributed by atoms with Gasteiger partial charge >= 0.3 is 0 Å². The van der Waals surface area contributed by atoms with E-state index in [9.17, 15) is 0 Å². The van der Waals surface area contributed by atoms with Crippen molar-refractivity contribution in [2.24, 2.45) is 0 Å². The predicted molar refractivity (Wildman–Crippen MR) is 45.5 cm³/mol. The number of aromatic nitrogens is 1. The summed E-state index contributed by atoms with van der Waals surface area (Å²) in [4.78, 5) is 6.11. The molecule has 2 heterocycles. The molecule has 0 aromatic carbocycles. The number of hydrogen-bond acceptors (Lipinski definition) is 5. The summed E-state index contributed by atoms with van der Waals surface area (Å²) < 4.78 is 10.4. The van der Waals surface area contributed by atoms with E-state index in [1.54, 1.807) is 0 Å². The van der Waals surface area contributed by atoms with Gasteiger partial charge in [-0.05, 0) is 0 Å². The Hall–Kier alpha value is -1.07. The highest BCUT2D eigenvalue weighted by Gasteiger charge is 2.15. The fourth-order valence-corrected chi connectivity index (χ4v) is 1.27. The minimum atomic E-state index is -0.0756. The number of morpholine rings is 1. The number of aliphatic hydroxyl groups is 1. The Kier molecular flexibility index (Phi) is 2.47. The molecule has 0 saturated carbocycles. The van der Waals surface area contributed by atoms with Gasteiger partial charge in [-0.25, -0.2) is 0 Å². The summed E-state index contributed by atoms with van der Waals surface area (Å²) in [7, 11) is 0. The van der Waals surface area contributed by atoms with Gasteiger partial charge in [0.1, 0.15) is 12.0 Å². The molecule has 0 atom stereocenters. The van der Waals surface area contributed by atoms with Gasteiger partial charge in [0.25, 0.3) is 6.01 Å². The zero-order valence-corrected chi connectivity index (χ0v) is 7.27. The molecule has 5 nitrogen and oxygen atoms in total. The molecule has 1 saturated heterocycles. The summed E-state index contributed by atoms with van der Waals surface area (Å²) in [5.41, 5.74) is 0.571. The maximum absolute atomic E-state index is 8.78. The van der Waals surface area contributed by atoms with E-state index in [4.69, 9.17) is 14.3 Å². The lowest BCUT2D eigenvalue weighted by atomic mass is 10.4. The standard InChI is InChI=1S/C8H12N2O3/c11-5-7-6-13-8(9-7)10-1-3-12-4-2-10/h6,11H,1-5H2. The van der Waals surface area contributed by atoms with Gasteiger partial charge in [0.15, 0.2) is 0 Å². The van der Waals surface area contributed by atoms with Gasteiger partial charge in [-0.3, -0.25) is 0 Å². The first-order valence-electron chi connectivity index (χ1n) is 4.28. The van der Waals surface area contributed by atoms with Crippen molar-refractivity contribution in [3.63, 3.8) is 0 Å². The molecule has 1 aromatic rings. The topological polar surface area (TPSA) is 58.7 Å². The molecule has 1 fully saturated rings. The van der Waals surface area contributed by atoms with Crippen LogP contribution in [0.25, 0.3) is 0 Å². The van der Waals surface area contributed by atoms with E-state index < -0.39 is 0 Å². The van der Waals surface area contributed by atoms with Crippen molar-refractivity contribution in [2.45, 2.75) is 6.61 Å². The number of anilines is 1. The Morgan fingerprint density at radius 3 is 2.85 bits per heavy atom. The van der Waals surface area contributed by atoms with E-state index in [0.717, 1.165) is 13.1 Å². The first kappa shape index (κ1) is 8.52. The van der Waals surface area contributed by atoms with Crippen LogP contribution in [0.4, 0.5) is 6.01 Å². The molecule has 1 aliphatic rings. The van der Waals surface area contributed by atoms with Crippen molar-refractivity contribution in [3.05, 3.63) is 12.0 Å². The molecule has 5 heteroatoms. The number of aliphatic hydroxyl groups excluding tert-OH is 1. The summed E-state index contributed by atoms with van der Waals surface area (Å²) in [6, 6.07) is 0.576. The lowest BCUT2D eigenvalue weighted by Crippen LogP contribution is -2.36. The highest BCUT2D eigenvalue weighted by atomic mass is 16.5. The van der Waals surface area contributed by atoms with E-state index in [1.165, 1.54) is 6.26 Å². The molecule has 0 bridgehead atoms. The van der Waals surface area contributed by atoms with Crippen molar-refractivity contribution in [3.8, 4) is 0 Å². The molecule has 0 radical (unpaired) electrons. The molecule has 1 aromatic heterocycles. The minimum absolute atomic E-state index is 0.0756. The Balaban J connectivity index is 2.05. The second-order valence-electron chi connectivity index (χ2n) is 2.88. The van der Waals surface area contributed by atoms with Crippen molar-refractivity contribution in [1.29, 1.82) is 0 Å². The third kappa shape index (κ3) is 1.81. The van der Waals surface area contributed by atoms with Crippen LogP contribution >= 0.6 is 0 Å². The highest BCUT2D eigenvalue weighted by Crippen LogP contribution is 2.14. The van der Waals surface area contributed by atoms with Crippen molar-refractivity contribution >= 4 is 6.01 Å². The van der Waals surface area contributed by atoms with Gasteiger partial charge < -0.3 is 19.2 Å². The van der Waals surface area contributed by atoms with Gasteiger partial charge in [0.05, 0.1) is 19.8 Å². The monoisotopic (exact) mass is 184 g/mol. The molecule has 13 heavy (non-hydrogen) atoms. The summed E-state index contributed by atoms with van der Waals surface area (Å²) in [5.74, 6) is 0. The number of nitrogens with zero attached hydrogens (tertiary/aromatic N) is 2. The first-order valence-corrected chi connectivity index (χ1v) is 4.28. The second kappa shape index (κ2) is 3.76. The van der Waals surface area contributed by atoms with E-state index in [-0.39, 0.29) is 6.61 Å². The van der Waals surface area contributed by atoms with Gasteiger partial charge in [-0.2, -0.15) is 4.98 Å². The van der Waals surface area contributed by atoms with Gasteiger partial charge in [-0.1, -0.05) is 0 Å². The van der Waals surface area contributed by atoms with E-state index in [1.807, 2.05) is 4.90 Å². The van der Waals surface area contributed by atoms with Crippen LogP contribution in [0.5, 0.6) is 0 Å². The Morgan fingerprint density at radius 2 is 2.23 bits per heavy atom. The lowest BCUT2D eigenvalue weighted by molar-refractivity contribution is 0.120. The smallest absolute Gasteiger partial charge is 0.297 e. The number of oxazole rings is 1. The largest absolute Gasteiger partial charge is 0.432 e. The summed E-state index contributed by atoms with van der Waals surface area (Å²) in [5, 5.41) is 8.78. The lowest BCUT2D eigenvalue weighted by Gasteiger charge is -2.24. The van der Waals surface area contributed by atoms with Crippen LogP contribution in [0.15, 0.2) is 10.7 Å². The van der Waals surface area contributed by atoms with Crippen LogP contribution in [0, 0.1) is 0 Å². The molecule has 0 aliphatic carbocycles. The van der Waals surface area contributed by atoms with Gasteiger partial charge in [-0.15, -0.1) is 0 Å². The molecule has 1 aliphatic heterocycles. The van der Waals surface area contributed by atoms with Crippen molar-refractivity contribution < 1.29 is 14.3 Å². The normalized spacial score (nSPS) is 17.8. The van der Waals surface area contributed by atoms with Crippen LogP contribution in [-0.4, -0.2) is 36.4 Å². The molecule has 0 unspecified atom stereocenters. The van der Waals surface area contributed by atoms with Crippen molar-refractivity contribution in [2.75, 3.05) is 31.2 Å². The van der Waals surface area contributed by atoms with Crippen LogP contribution in [0.2, 0.25) is 0 Å². The zero-order chi connectivity index (χ0) is 9.10. The Morgan fingerprint density at radius 1 is 1.46 bits per heavy atom. The van der Waals surface area contributed by atoms with E-state index >= 15 is 0 Å². The third-order valence-electron chi connectivity index (χ3n) is 1.98. The maximum Gasteiger partial charge on any atom is 0.297 e. The van der Waals surface area contributed by atoms with E-state index in [0.29, 0.717) is 24.9 Å². The summed E-state index contributed by atoms with van der Waals surface area (Å²) in [6.45, 7) is 2.93. The summed E-state index contributed by atoms with van der Waals surface area (Å²) >= 11 is 0. The third-order valence-corrected chi connectivity index (χ3v) is 1.98. The highest BCUT2D eigenvalue weighted by molar-refractivity contribution is 5.27. The first-order chi connectivity index (χ1) is 6.40. The van der Waals surface area contributed by atoms with Crippen LogP contribution < -0.4 is 4.90 Å². The van der Waals surface area contributed by atoms with Crippen LogP contribution in [0.3, 0.4) is 0 Å². The fourth-order valence-electron chi connectivity index (χ4n) is 1.27. The molecule has 1 N–H and O–H groups in total. The molecular formula is C8H12N2O3. The quantitative estimate of drug-likeness (QED) is 0.701. The molecule has 72 valence electrons. The SMILES string of the molecule is OCc1coc(N2CCOCC2)n1. The summed E-state index contributed by atoms with van der Waals surface area (Å²) in [6.07, 6.45) is 1.48. The molecular weight excluding hydrogens is 172 g/mol. The fraction of sp³-hybridized carbons (Fsp3) is 0.625. The van der Waals surface area contributed by atoms with Gasteiger partial charge in [0.2, 0.25) is 0 Å². The molecule has 0 amide bonds. The molecule has 2 rings (SSSR count). The van der Waals surface area contributed by atoms with Crippen LogP contribution in [-0.2, 0) is 11.3 Å². The van der Waals surface area contributed by atoms with Crippen molar-refractivity contribution in [1.82, 2.24) is 4.98 Å². The second-order valence-corrected chi connectivity index (χ2v) is 2.88. The average Bonchev–Trinajstić information content (AvgIpc) is 2.67. The van der Waals surface area contributed by atoms with E-state index in [2.05, 4.69) is 4.98 Å². The Labute approximate surface area is 75.9 Å².